The van der Waals surface area contributed by atoms with Crippen molar-refractivity contribution in [1.82, 2.24) is 9.55 Å². The van der Waals surface area contributed by atoms with Crippen LogP contribution >= 0.6 is 0 Å². The number of benzene rings is 2. The van der Waals surface area contributed by atoms with Gasteiger partial charge in [0, 0.05) is 5.92 Å². The van der Waals surface area contributed by atoms with E-state index >= 15 is 0 Å². The molecule has 0 N–H and O–H groups in total. The molecule has 0 aliphatic rings. The smallest absolute Gasteiger partial charge is 0.265 e. The van der Waals surface area contributed by atoms with Crippen LogP contribution in [0.3, 0.4) is 0 Å². The van der Waals surface area contributed by atoms with Crippen molar-refractivity contribution in [3.8, 4) is 5.69 Å². The molecule has 0 saturated carbocycles. The van der Waals surface area contributed by atoms with Gasteiger partial charge in [-0.25, -0.2) is 4.98 Å². The van der Waals surface area contributed by atoms with Crippen molar-refractivity contribution < 1.29 is 0 Å². The van der Waals surface area contributed by atoms with Crippen LogP contribution in [0.5, 0.6) is 0 Å². The predicted molar refractivity (Wildman–Crippen MR) is 95.3 cm³/mol. The van der Waals surface area contributed by atoms with Crippen molar-refractivity contribution in [2.75, 3.05) is 0 Å². The minimum absolute atomic E-state index is 0.0178. The molecule has 1 heterocycles. The topological polar surface area (TPSA) is 34.9 Å². The lowest BCUT2D eigenvalue weighted by Crippen LogP contribution is -2.25. The zero-order valence-corrected chi connectivity index (χ0v) is 13.5. The first-order valence-corrected chi connectivity index (χ1v) is 7.82. The summed E-state index contributed by atoms with van der Waals surface area (Å²) >= 11 is 0. The number of fused-ring (bicyclic) bond motifs is 1. The third kappa shape index (κ3) is 2.70. The van der Waals surface area contributed by atoms with E-state index in [0.717, 1.165) is 29.0 Å². The number of rotatable bonds is 4. The van der Waals surface area contributed by atoms with E-state index in [9.17, 15) is 4.79 Å². The van der Waals surface area contributed by atoms with Crippen LogP contribution in [0.4, 0.5) is 0 Å². The lowest BCUT2D eigenvalue weighted by molar-refractivity contribution is 0.676. The Morgan fingerprint density at radius 3 is 2.61 bits per heavy atom. The molecule has 0 fully saturated rings. The minimum Gasteiger partial charge on any atom is -0.268 e. The van der Waals surface area contributed by atoms with E-state index in [4.69, 9.17) is 4.98 Å². The summed E-state index contributed by atoms with van der Waals surface area (Å²) in [6.07, 6.45) is 2.64. The Morgan fingerprint density at radius 1 is 1.17 bits per heavy atom. The maximum atomic E-state index is 13.1. The van der Waals surface area contributed by atoms with E-state index in [2.05, 4.69) is 13.5 Å². The lowest BCUT2D eigenvalue weighted by atomic mass is 10.1. The van der Waals surface area contributed by atoms with Gasteiger partial charge in [0.1, 0.15) is 5.82 Å². The Bertz CT molecular complexity index is 924. The SMILES string of the molecule is C=CC[C@@H](C)c1nc2ccccc2c(=O)n1-c1ccccc1C. The van der Waals surface area contributed by atoms with Gasteiger partial charge in [0.05, 0.1) is 16.6 Å². The van der Waals surface area contributed by atoms with Crippen LogP contribution in [0.1, 0.15) is 30.7 Å². The quantitative estimate of drug-likeness (QED) is 0.671. The van der Waals surface area contributed by atoms with Gasteiger partial charge in [-0.2, -0.15) is 0 Å². The minimum atomic E-state index is -0.0178. The van der Waals surface area contributed by atoms with E-state index in [1.165, 1.54) is 0 Å². The Kier molecular flexibility index (Phi) is 4.11. The summed E-state index contributed by atoms with van der Waals surface area (Å²) < 4.78 is 1.76. The van der Waals surface area contributed by atoms with Gasteiger partial charge in [0.2, 0.25) is 0 Å². The fourth-order valence-corrected chi connectivity index (χ4v) is 2.88. The molecule has 0 radical (unpaired) electrons. The third-order valence-electron chi connectivity index (χ3n) is 4.12. The van der Waals surface area contributed by atoms with Crippen LogP contribution in [0.15, 0.2) is 66.0 Å². The molecule has 0 bridgehead atoms. The van der Waals surface area contributed by atoms with E-state index in [-0.39, 0.29) is 11.5 Å². The maximum Gasteiger partial charge on any atom is 0.265 e. The lowest BCUT2D eigenvalue weighted by Gasteiger charge is -2.19. The van der Waals surface area contributed by atoms with Crippen molar-refractivity contribution in [2.45, 2.75) is 26.2 Å². The summed E-state index contributed by atoms with van der Waals surface area (Å²) in [6, 6.07) is 15.4. The number of nitrogens with zero attached hydrogens (tertiary/aromatic N) is 2. The van der Waals surface area contributed by atoms with Gasteiger partial charge < -0.3 is 0 Å². The normalized spacial score (nSPS) is 12.3. The molecule has 3 aromatic rings. The molecule has 0 aliphatic heterocycles. The number of aromatic nitrogens is 2. The highest BCUT2D eigenvalue weighted by Gasteiger charge is 2.17. The van der Waals surface area contributed by atoms with Crippen LogP contribution in [-0.4, -0.2) is 9.55 Å². The molecule has 116 valence electrons. The predicted octanol–water partition coefficient (Wildman–Crippen LogP) is 4.37. The van der Waals surface area contributed by atoms with Gasteiger partial charge >= 0.3 is 0 Å². The summed E-state index contributed by atoms with van der Waals surface area (Å²) in [5.41, 5.74) is 2.67. The van der Waals surface area contributed by atoms with Gasteiger partial charge in [-0.05, 0) is 37.1 Å². The highest BCUT2D eigenvalue weighted by molar-refractivity contribution is 5.78. The fraction of sp³-hybridized carbons (Fsp3) is 0.200. The number of para-hydroxylation sites is 2. The first kappa shape index (κ1) is 15.2. The van der Waals surface area contributed by atoms with Gasteiger partial charge in [0.25, 0.3) is 5.56 Å². The molecule has 0 saturated heterocycles. The zero-order chi connectivity index (χ0) is 16.4. The van der Waals surface area contributed by atoms with E-state index in [0.29, 0.717) is 5.39 Å². The highest BCUT2D eigenvalue weighted by Crippen LogP contribution is 2.23. The molecule has 1 atom stereocenters. The Labute approximate surface area is 135 Å². The van der Waals surface area contributed by atoms with E-state index < -0.39 is 0 Å². The summed E-state index contributed by atoms with van der Waals surface area (Å²) in [5, 5.41) is 0.644. The van der Waals surface area contributed by atoms with E-state index in [1.54, 1.807) is 4.57 Å². The summed E-state index contributed by atoms with van der Waals surface area (Å²) in [5.74, 6) is 0.896. The molecular formula is C20H20N2O. The molecule has 23 heavy (non-hydrogen) atoms. The highest BCUT2D eigenvalue weighted by atomic mass is 16.1. The summed E-state index contributed by atoms with van der Waals surface area (Å²) in [7, 11) is 0. The maximum absolute atomic E-state index is 13.1. The molecule has 3 rings (SSSR count). The van der Waals surface area contributed by atoms with Gasteiger partial charge in [0.15, 0.2) is 0 Å². The van der Waals surface area contributed by atoms with Crippen LogP contribution in [0, 0.1) is 6.92 Å². The second-order valence-corrected chi connectivity index (χ2v) is 5.84. The Balaban J connectivity index is 2.40. The van der Waals surface area contributed by atoms with Gasteiger partial charge in [-0.1, -0.05) is 43.3 Å². The van der Waals surface area contributed by atoms with Gasteiger partial charge in [-0.15, -0.1) is 6.58 Å². The Morgan fingerprint density at radius 2 is 1.87 bits per heavy atom. The zero-order valence-electron chi connectivity index (χ0n) is 13.5. The van der Waals surface area contributed by atoms with Crippen molar-refractivity contribution >= 4 is 10.9 Å². The van der Waals surface area contributed by atoms with Crippen LogP contribution in [-0.2, 0) is 0 Å². The average molecular weight is 304 g/mol. The van der Waals surface area contributed by atoms with Crippen molar-refractivity contribution in [1.29, 1.82) is 0 Å². The van der Waals surface area contributed by atoms with Crippen LogP contribution in [0.25, 0.3) is 16.6 Å². The van der Waals surface area contributed by atoms with Gasteiger partial charge in [-0.3, -0.25) is 9.36 Å². The summed E-state index contributed by atoms with van der Waals surface area (Å²) in [6.45, 7) is 7.90. The van der Waals surface area contributed by atoms with Crippen LogP contribution < -0.4 is 5.56 Å². The second kappa shape index (κ2) is 6.21. The molecule has 0 aliphatic carbocycles. The number of hydrogen-bond acceptors (Lipinski definition) is 2. The molecule has 0 unspecified atom stereocenters. The second-order valence-electron chi connectivity index (χ2n) is 5.84. The van der Waals surface area contributed by atoms with E-state index in [1.807, 2.05) is 61.5 Å². The van der Waals surface area contributed by atoms with Crippen molar-refractivity contribution in [2.24, 2.45) is 0 Å². The first-order valence-electron chi connectivity index (χ1n) is 7.82. The first-order chi connectivity index (χ1) is 11.1. The molecule has 3 nitrogen and oxygen atoms in total. The number of allylic oxidation sites excluding steroid dienone is 1. The molecule has 0 amide bonds. The average Bonchev–Trinajstić information content (AvgIpc) is 2.56. The molecule has 2 aromatic carbocycles. The molecular weight excluding hydrogens is 284 g/mol. The fourth-order valence-electron chi connectivity index (χ4n) is 2.88. The summed E-state index contributed by atoms with van der Waals surface area (Å²) in [4.78, 5) is 17.9. The molecule has 0 spiro atoms. The Hall–Kier alpha value is -2.68. The number of hydrogen-bond donors (Lipinski definition) is 0. The standard InChI is InChI=1S/C20H20N2O/c1-4-9-15(3)19-21-17-12-7-6-11-16(17)20(23)22(19)18-13-8-5-10-14(18)2/h4-8,10-13,15H,1,9H2,2-3H3/t15-/m1/s1. The largest absolute Gasteiger partial charge is 0.268 e. The third-order valence-corrected chi connectivity index (χ3v) is 4.12. The molecule has 3 heteroatoms. The van der Waals surface area contributed by atoms with Crippen molar-refractivity contribution in [3.05, 3.63) is 82.9 Å². The van der Waals surface area contributed by atoms with Crippen molar-refractivity contribution in [3.63, 3.8) is 0 Å². The molecule has 1 aromatic heterocycles. The number of aryl methyl sites for hydroxylation is 1. The van der Waals surface area contributed by atoms with Crippen LogP contribution in [0.2, 0.25) is 0 Å². The monoisotopic (exact) mass is 304 g/mol.